The summed E-state index contributed by atoms with van der Waals surface area (Å²) < 4.78 is 10.6. The molecule has 0 spiro atoms. The summed E-state index contributed by atoms with van der Waals surface area (Å²) in [6, 6.07) is 5.95. The second-order valence-corrected chi connectivity index (χ2v) is 7.39. The van der Waals surface area contributed by atoms with Gasteiger partial charge in [0.05, 0.1) is 26.3 Å². The average Bonchev–Trinajstić information content (AvgIpc) is 3.11. The van der Waals surface area contributed by atoms with E-state index in [2.05, 4.69) is 22.5 Å². The number of thiazole rings is 1. The lowest BCUT2D eigenvalue weighted by molar-refractivity contribution is -0.121. The van der Waals surface area contributed by atoms with E-state index < -0.39 is 0 Å². The summed E-state index contributed by atoms with van der Waals surface area (Å²) in [5.74, 6) is 1.83. The number of aromatic nitrogens is 1. The summed E-state index contributed by atoms with van der Waals surface area (Å²) in [5.41, 5.74) is 1.74. The zero-order valence-corrected chi connectivity index (χ0v) is 16.2. The second-order valence-electron chi connectivity index (χ2n) is 6.53. The summed E-state index contributed by atoms with van der Waals surface area (Å²) in [7, 11) is 3.22. The fourth-order valence-electron chi connectivity index (χ4n) is 3.14. The van der Waals surface area contributed by atoms with Gasteiger partial charge in [0.15, 0.2) is 11.5 Å². The van der Waals surface area contributed by atoms with Gasteiger partial charge in [-0.2, -0.15) is 0 Å². The zero-order valence-electron chi connectivity index (χ0n) is 15.4. The van der Waals surface area contributed by atoms with E-state index in [0.717, 1.165) is 35.8 Å². The average molecular weight is 375 g/mol. The standard InChI is InChI=1S/C19H25N3O3S/c1-12-10-20-7-6-15(12)22-18(23)9-14-11-26-19(21-14)13-4-5-16(24-2)17(8-13)25-3/h4-5,8,11-12,15,20H,6-7,9-10H2,1-3H3,(H,22,23). The highest BCUT2D eigenvalue weighted by Gasteiger charge is 2.23. The monoisotopic (exact) mass is 375 g/mol. The Morgan fingerprint density at radius 1 is 1.35 bits per heavy atom. The van der Waals surface area contributed by atoms with Crippen LogP contribution in [0.5, 0.6) is 11.5 Å². The maximum atomic E-state index is 12.4. The van der Waals surface area contributed by atoms with Gasteiger partial charge >= 0.3 is 0 Å². The van der Waals surface area contributed by atoms with Crippen molar-refractivity contribution in [3.8, 4) is 22.1 Å². The lowest BCUT2D eigenvalue weighted by Crippen LogP contribution is -2.48. The quantitative estimate of drug-likeness (QED) is 0.812. The van der Waals surface area contributed by atoms with Crippen LogP contribution in [0.3, 0.4) is 0 Å². The summed E-state index contributed by atoms with van der Waals surface area (Å²) in [4.78, 5) is 17.0. The van der Waals surface area contributed by atoms with Gasteiger partial charge in [-0.25, -0.2) is 4.98 Å². The molecule has 1 aliphatic heterocycles. The van der Waals surface area contributed by atoms with Crippen LogP contribution < -0.4 is 20.1 Å². The molecular formula is C19H25N3O3S. The van der Waals surface area contributed by atoms with Crippen LogP contribution in [0.15, 0.2) is 23.6 Å². The smallest absolute Gasteiger partial charge is 0.226 e. The van der Waals surface area contributed by atoms with Crippen molar-refractivity contribution in [2.45, 2.75) is 25.8 Å². The first kappa shape index (κ1) is 18.7. The predicted molar refractivity (Wildman–Crippen MR) is 103 cm³/mol. The highest BCUT2D eigenvalue weighted by molar-refractivity contribution is 7.13. The van der Waals surface area contributed by atoms with Gasteiger partial charge in [0.1, 0.15) is 5.01 Å². The van der Waals surface area contributed by atoms with Crippen molar-refractivity contribution in [1.29, 1.82) is 0 Å². The molecule has 7 heteroatoms. The van der Waals surface area contributed by atoms with E-state index in [1.807, 2.05) is 23.6 Å². The fourth-order valence-corrected chi connectivity index (χ4v) is 3.96. The Bertz CT molecular complexity index is 762. The van der Waals surface area contributed by atoms with Crippen molar-refractivity contribution < 1.29 is 14.3 Å². The molecule has 1 aliphatic rings. The first-order valence-electron chi connectivity index (χ1n) is 8.77. The largest absolute Gasteiger partial charge is 0.493 e. The van der Waals surface area contributed by atoms with E-state index in [9.17, 15) is 4.79 Å². The molecule has 0 radical (unpaired) electrons. The van der Waals surface area contributed by atoms with Crippen LogP contribution in [-0.2, 0) is 11.2 Å². The number of piperidine rings is 1. The zero-order chi connectivity index (χ0) is 18.5. The van der Waals surface area contributed by atoms with Gasteiger partial charge in [0.25, 0.3) is 0 Å². The molecular weight excluding hydrogens is 350 g/mol. The molecule has 2 N–H and O–H groups in total. The molecule has 140 valence electrons. The minimum Gasteiger partial charge on any atom is -0.493 e. The third-order valence-corrected chi connectivity index (χ3v) is 5.60. The summed E-state index contributed by atoms with van der Waals surface area (Å²) in [6.07, 6.45) is 1.28. The lowest BCUT2D eigenvalue weighted by atomic mass is 9.95. The molecule has 26 heavy (non-hydrogen) atoms. The van der Waals surface area contributed by atoms with E-state index >= 15 is 0 Å². The number of hydrogen-bond donors (Lipinski definition) is 2. The van der Waals surface area contributed by atoms with E-state index in [-0.39, 0.29) is 11.9 Å². The highest BCUT2D eigenvalue weighted by Crippen LogP contribution is 2.33. The van der Waals surface area contributed by atoms with Gasteiger partial charge in [-0.05, 0) is 43.6 Å². The minimum absolute atomic E-state index is 0.0351. The Morgan fingerprint density at radius 2 is 2.15 bits per heavy atom. The van der Waals surface area contributed by atoms with Crippen LogP contribution in [0.1, 0.15) is 19.0 Å². The van der Waals surface area contributed by atoms with Gasteiger partial charge in [-0.1, -0.05) is 6.92 Å². The molecule has 6 nitrogen and oxygen atoms in total. The summed E-state index contributed by atoms with van der Waals surface area (Å²) in [5, 5.41) is 9.30. The van der Waals surface area contributed by atoms with Crippen LogP contribution in [0.2, 0.25) is 0 Å². The van der Waals surface area contributed by atoms with Crippen molar-refractivity contribution in [1.82, 2.24) is 15.6 Å². The van der Waals surface area contributed by atoms with Crippen LogP contribution in [0, 0.1) is 5.92 Å². The molecule has 2 atom stereocenters. The van der Waals surface area contributed by atoms with Crippen molar-refractivity contribution in [2.24, 2.45) is 5.92 Å². The third kappa shape index (κ3) is 4.34. The Balaban J connectivity index is 1.65. The molecule has 0 bridgehead atoms. The molecule has 3 rings (SSSR count). The Hall–Kier alpha value is -2.12. The number of hydrogen-bond acceptors (Lipinski definition) is 6. The molecule has 2 unspecified atom stereocenters. The molecule has 1 saturated heterocycles. The van der Waals surface area contributed by atoms with Crippen molar-refractivity contribution in [3.05, 3.63) is 29.3 Å². The molecule has 2 heterocycles. The van der Waals surface area contributed by atoms with Crippen molar-refractivity contribution in [3.63, 3.8) is 0 Å². The van der Waals surface area contributed by atoms with Crippen LogP contribution >= 0.6 is 11.3 Å². The number of nitrogens with one attached hydrogen (secondary N) is 2. The number of rotatable bonds is 6. The van der Waals surface area contributed by atoms with Gasteiger partial charge in [0.2, 0.25) is 5.91 Å². The maximum absolute atomic E-state index is 12.4. The van der Waals surface area contributed by atoms with Gasteiger partial charge in [-0.3, -0.25) is 4.79 Å². The van der Waals surface area contributed by atoms with E-state index in [4.69, 9.17) is 9.47 Å². The Labute approximate surface area is 157 Å². The van der Waals surface area contributed by atoms with Gasteiger partial charge < -0.3 is 20.1 Å². The molecule has 1 aromatic heterocycles. The van der Waals surface area contributed by atoms with Crippen LogP contribution in [0.25, 0.3) is 10.6 Å². The maximum Gasteiger partial charge on any atom is 0.226 e. The SMILES string of the molecule is COc1ccc(-c2nc(CC(=O)NC3CCNCC3C)cs2)cc1OC. The van der Waals surface area contributed by atoms with Gasteiger partial charge in [-0.15, -0.1) is 11.3 Å². The molecule has 1 amide bonds. The molecule has 0 saturated carbocycles. The number of benzene rings is 1. The predicted octanol–water partition coefficient (Wildman–Crippen LogP) is 2.48. The first-order valence-corrected chi connectivity index (χ1v) is 9.65. The summed E-state index contributed by atoms with van der Waals surface area (Å²) >= 11 is 1.53. The number of carbonyl (C=O) groups is 1. The van der Waals surface area contributed by atoms with Crippen molar-refractivity contribution in [2.75, 3.05) is 27.3 Å². The Morgan fingerprint density at radius 3 is 2.88 bits per heavy atom. The first-order chi connectivity index (χ1) is 12.6. The second kappa shape index (κ2) is 8.51. The van der Waals surface area contributed by atoms with Gasteiger partial charge in [0, 0.05) is 17.0 Å². The van der Waals surface area contributed by atoms with Crippen molar-refractivity contribution >= 4 is 17.2 Å². The topological polar surface area (TPSA) is 72.5 Å². The van der Waals surface area contributed by atoms with E-state index in [0.29, 0.717) is 23.8 Å². The number of methoxy groups -OCH3 is 2. The van der Waals surface area contributed by atoms with Crippen LogP contribution in [0.4, 0.5) is 0 Å². The third-order valence-electron chi connectivity index (χ3n) is 4.66. The highest BCUT2D eigenvalue weighted by atomic mass is 32.1. The normalized spacial score (nSPS) is 19.8. The van der Waals surface area contributed by atoms with Crippen LogP contribution in [-0.4, -0.2) is 44.2 Å². The Kier molecular flexibility index (Phi) is 6.11. The molecule has 2 aromatic rings. The van der Waals surface area contributed by atoms with E-state index in [1.54, 1.807) is 14.2 Å². The number of amides is 1. The van der Waals surface area contributed by atoms with E-state index in [1.165, 1.54) is 11.3 Å². The number of nitrogens with zero attached hydrogens (tertiary/aromatic N) is 1. The lowest BCUT2D eigenvalue weighted by Gasteiger charge is -2.30. The molecule has 1 aromatic carbocycles. The molecule has 0 aliphatic carbocycles. The number of carbonyl (C=O) groups excluding carboxylic acids is 1. The molecule has 1 fully saturated rings. The fraction of sp³-hybridized carbons (Fsp3) is 0.474. The minimum atomic E-state index is 0.0351. The number of ether oxygens (including phenoxy) is 2. The summed E-state index contributed by atoms with van der Waals surface area (Å²) in [6.45, 7) is 4.07.